The Kier molecular flexibility index (Phi) is 5.54. The summed E-state index contributed by atoms with van der Waals surface area (Å²) in [7, 11) is 3.17. The molecule has 0 spiro atoms. The minimum absolute atomic E-state index is 0.299. The molecule has 0 saturated carbocycles. The molecule has 0 aromatic heterocycles. The number of benzene rings is 2. The van der Waals surface area contributed by atoms with Crippen LogP contribution in [0, 0.1) is 13.8 Å². The fourth-order valence-electron chi connectivity index (χ4n) is 3.63. The molecule has 0 radical (unpaired) electrons. The van der Waals surface area contributed by atoms with Crippen molar-refractivity contribution in [1.29, 1.82) is 0 Å². The molecule has 0 fully saturated rings. The van der Waals surface area contributed by atoms with Gasteiger partial charge in [0, 0.05) is 10.9 Å². The lowest BCUT2D eigenvalue weighted by atomic mass is 9.97. The lowest BCUT2D eigenvalue weighted by molar-refractivity contribution is 0.393. The van der Waals surface area contributed by atoms with Crippen LogP contribution in [-0.2, 0) is 0 Å². The van der Waals surface area contributed by atoms with Crippen LogP contribution < -0.4 is 19.5 Å². The molecule has 1 aliphatic heterocycles. The van der Waals surface area contributed by atoms with E-state index in [2.05, 4.69) is 45.0 Å². The van der Waals surface area contributed by atoms with E-state index in [9.17, 15) is 0 Å². The van der Waals surface area contributed by atoms with E-state index in [-0.39, 0.29) is 7.92 Å². The monoisotopic (exact) mass is 358 g/mol. The van der Waals surface area contributed by atoms with Crippen molar-refractivity contribution in [2.24, 2.45) is 0 Å². The van der Waals surface area contributed by atoms with Crippen molar-refractivity contribution in [3.05, 3.63) is 35.4 Å². The van der Waals surface area contributed by atoms with Crippen molar-refractivity contribution in [2.45, 2.75) is 33.6 Å². The largest absolute Gasteiger partial charge is 0.496 e. The average Bonchev–Trinajstić information content (AvgIpc) is 3.02. The van der Waals surface area contributed by atoms with Crippen molar-refractivity contribution in [3.63, 3.8) is 0 Å². The molecule has 1 aliphatic rings. The Morgan fingerprint density at radius 3 is 2.36 bits per heavy atom. The van der Waals surface area contributed by atoms with Crippen LogP contribution in [0.1, 0.15) is 30.9 Å². The van der Waals surface area contributed by atoms with Gasteiger partial charge in [-0.25, -0.2) is 0 Å². The van der Waals surface area contributed by atoms with Gasteiger partial charge >= 0.3 is 0 Å². The summed E-state index contributed by atoms with van der Waals surface area (Å²) in [5.74, 6) is 2.82. The number of aryl methyl sites for hydroxylation is 2. The molecule has 1 heterocycles. The van der Waals surface area contributed by atoms with Gasteiger partial charge < -0.3 is 14.2 Å². The second kappa shape index (κ2) is 7.66. The molecule has 4 heteroatoms. The Bertz CT molecular complexity index is 742. The highest BCUT2D eigenvalue weighted by Crippen LogP contribution is 2.51. The quantitative estimate of drug-likeness (QED) is 0.661. The summed E-state index contributed by atoms with van der Waals surface area (Å²) in [6.45, 7) is 6.43. The van der Waals surface area contributed by atoms with Crippen molar-refractivity contribution in [3.8, 4) is 28.4 Å². The van der Waals surface area contributed by atoms with Crippen LogP contribution in [0.25, 0.3) is 11.1 Å². The molecule has 2 aromatic rings. The van der Waals surface area contributed by atoms with E-state index in [1.165, 1.54) is 29.9 Å². The van der Waals surface area contributed by atoms with Gasteiger partial charge in [-0.15, -0.1) is 0 Å². The van der Waals surface area contributed by atoms with Gasteiger partial charge in [0.2, 0.25) is 0 Å². The van der Waals surface area contributed by atoms with Gasteiger partial charge in [-0.05, 0) is 57.6 Å². The number of unbranched alkanes of at least 4 members (excludes halogenated alkanes) is 1. The van der Waals surface area contributed by atoms with Gasteiger partial charge in [0.1, 0.15) is 23.6 Å². The molecule has 0 saturated heterocycles. The predicted molar refractivity (Wildman–Crippen MR) is 106 cm³/mol. The smallest absolute Gasteiger partial charge is 0.133 e. The Morgan fingerprint density at radius 2 is 1.76 bits per heavy atom. The number of ether oxygens (including phenoxy) is 3. The van der Waals surface area contributed by atoms with Crippen molar-refractivity contribution in [2.75, 3.05) is 26.7 Å². The van der Waals surface area contributed by atoms with Crippen LogP contribution in [0.2, 0.25) is 0 Å². The minimum Gasteiger partial charge on any atom is -0.496 e. The summed E-state index contributed by atoms with van der Waals surface area (Å²) in [4.78, 5) is 0. The summed E-state index contributed by atoms with van der Waals surface area (Å²) in [6.07, 6.45) is 4.50. The first-order valence-corrected chi connectivity index (χ1v) is 10.6. The van der Waals surface area contributed by atoms with Gasteiger partial charge in [0.15, 0.2) is 0 Å². The number of hydrogen-bond donors (Lipinski definition) is 0. The second-order valence-electron chi connectivity index (χ2n) is 6.49. The second-order valence-corrected chi connectivity index (χ2v) is 8.73. The van der Waals surface area contributed by atoms with E-state index < -0.39 is 0 Å². The molecule has 134 valence electrons. The zero-order chi connectivity index (χ0) is 18.0. The first-order valence-electron chi connectivity index (χ1n) is 8.85. The highest BCUT2D eigenvalue weighted by atomic mass is 31.1. The number of methoxy groups -OCH3 is 2. The molecule has 0 bridgehead atoms. The third kappa shape index (κ3) is 3.22. The summed E-state index contributed by atoms with van der Waals surface area (Å²) in [5.41, 5.74) is 4.53. The Balaban J connectivity index is 2.24. The Labute approximate surface area is 152 Å². The highest BCUT2D eigenvalue weighted by Gasteiger charge is 2.30. The van der Waals surface area contributed by atoms with Crippen LogP contribution in [0.4, 0.5) is 0 Å². The molecular weight excluding hydrogens is 331 g/mol. The fraction of sp³-hybridized carbons (Fsp3) is 0.429. The third-order valence-corrected chi connectivity index (χ3v) is 7.14. The molecule has 2 aromatic carbocycles. The van der Waals surface area contributed by atoms with Gasteiger partial charge in [-0.1, -0.05) is 25.5 Å². The molecule has 25 heavy (non-hydrogen) atoms. The normalized spacial score (nSPS) is 15.6. The van der Waals surface area contributed by atoms with Crippen LogP contribution in [0.3, 0.4) is 0 Å². The Morgan fingerprint density at radius 1 is 1.08 bits per heavy atom. The lowest BCUT2D eigenvalue weighted by Crippen LogP contribution is -2.07. The van der Waals surface area contributed by atoms with Crippen molar-refractivity contribution < 1.29 is 14.2 Å². The van der Waals surface area contributed by atoms with Crippen LogP contribution >= 0.6 is 7.92 Å². The van der Waals surface area contributed by atoms with Crippen molar-refractivity contribution in [1.82, 2.24) is 0 Å². The summed E-state index contributed by atoms with van der Waals surface area (Å²) in [5, 5.41) is 1.37. The fourth-order valence-corrected chi connectivity index (χ4v) is 6.08. The molecule has 0 amide bonds. The van der Waals surface area contributed by atoms with Crippen LogP contribution in [0.15, 0.2) is 24.3 Å². The lowest BCUT2D eigenvalue weighted by Gasteiger charge is -2.21. The first-order chi connectivity index (χ1) is 12.1. The standard InChI is InChI=1S/C21H27O3P/c1-6-7-11-25-13-24-17-10-8-9-16(21(17)25)18-19(22-4)14(2)12-15(3)20(18)23-5/h8-10,12H,6-7,11,13H2,1-5H3. The van der Waals surface area contributed by atoms with Gasteiger partial charge in [-0.2, -0.15) is 0 Å². The van der Waals surface area contributed by atoms with Crippen molar-refractivity contribution >= 4 is 13.2 Å². The highest BCUT2D eigenvalue weighted by molar-refractivity contribution is 7.66. The van der Waals surface area contributed by atoms with E-state index in [4.69, 9.17) is 14.2 Å². The zero-order valence-corrected chi connectivity index (χ0v) is 16.7. The van der Waals surface area contributed by atoms with Gasteiger partial charge in [0.25, 0.3) is 0 Å². The van der Waals surface area contributed by atoms with Gasteiger partial charge in [-0.3, -0.25) is 0 Å². The van der Waals surface area contributed by atoms with E-state index in [0.717, 1.165) is 40.3 Å². The summed E-state index contributed by atoms with van der Waals surface area (Å²) in [6, 6.07) is 8.48. The summed E-state index contributed by atoms with van der Waals surface area (Å²) >= 11 is 0. The Hall–Kier alpha value is -1.73. The average molecular weight is 358 g/mol. The summed E-state index contributed by atoms with van der Waals surface area (Å²) < 4.78 is 17.6. The first kappa shape index (κ1) is 18.1. The maximum Gasteiger partial charge on any atom is 0.133 e. The maximum atomic E-state index is 6.02. The number of rotatable bonds is 6. The zero-order valence-electron chi connectivity index (χ0n) is 15.8. The van der Waals surface area contributed by atoms with Crippen LogP contribution in [-0.4, -0.2) is 26.7 Å². The topological polar surface area (TPSA) is 27.7 Å². The molecule has 3 nitrogen and oxygen atoms in total. The SMILES string of the molecule is CCCCP1COc2cccc(-c3c(OC)c(C)cc(C)c3OC)c21. The molecule has 1 unspecified atom stereocenters. The molecular formula is C21H27O3P. The van der Waals surface area contributed by atoms with Crippen LogP contribution in [0.5, 0.6) is 17.2 Å². The molecule has 0 aliphatic carbocycles. The van der Waals surface area contributed by atoms with E-state index in [1.54, 1.807) is 14.2 Å². The number of hydrogen-bond acceptors (Lipinski definition) is 3. The van der Waals surface area contributed by atoms with E-state index in [1.807, 2.05) is 0 Å². The molecule has 3 rings (SSSR count). The van der Waals surface area contributed by atoms with E-state index in [0.29, 0.717) is 0 Å². The maximum absolute atomic E-state index is 6.02. The molecule has 1 atom stereocenters. The number of fused-ring (bicyclic) bond motifs is 1. The van der Waals surface area contributed by atoms with Gasteiger partial charge in [0.05, 0.1) is 19.8 Å². The minimum atomic E-state index is -0.299. The predicted octanol–water partition coefficient (Wildman–Crippen LogP) is 5.24. The third-order valence-electron chi connectivity index (χ3n) is 4.75. The van der Waals surface area contributed by atoms with E-state index >= 15 is 0 Å². The molecule has 0 N–H and O–H groups in total.